The van der Waals surface area contributed by atoms with E-state index in [1.807, 2.05) is 13.8 Å². The van der Waals surface area contributed by atoms with Crippen molar-refractivity contribution in [2.45, 2.75) is 45.6 Å². The Morgan fingerprint density at radius 3 is 2.52 bits per heavy atom. The van der Waals surface area contributed by atoms with Crippen LogP contribution in [0.5, 0.6) is 0 Å². The zero-order chi connectivity index (χ0) is 22.5. The molecule has 2 heterocycles. The van der Waals surface area contributed by atoms with Crippen molar-refractivity contribution in [1.29, 1.82) is 0 Å². The predicted octanol–water partition coefficient (Wildman–Crippen LogP) is 1.07. The Morgan fingerprint density at radius 2 is 1.87 bits per heavy atom. The van der Waals surface area contributed by atoms with Gasteiger partial charge in [-0.25, -0.2) is 4.79 Å². The summed E-state index contributed by atoms with van der Waals surface area (Å²) in [5.41, 5.74) is -3.95. The van der Waals surface area contributed by atoms with Gasteiger partial charge in [-0.2, -0.15) is 0 Å². The summed E-state index contributed by atoms with van der Waals surface area (Å²) in [4.78, 5) is 69.5. The highest BCUT2D eigenvalue weighted by Crippen LogP contribution is 2.75. The van der Waals surface area contributed by atoms with Crippen molar-refractivity contribution >= 4 is 29.4 Å². The minimum Gasteiger partial charge on any atom is -0.468 e. The molecule has 166 valence electrons. The Hall–Kier alpha value is -2.51. The van der Waals surface area contributed by atoms with E-state index in [-0.39, 0.29) is 60.2 Å². The summed E-state index contributed by atoms with van der Waals surface area (Å²) in [5.74, 6) is -3.48. The molecule has 0 radical (unpaired) electrons. The van der Waals surface area contributed by atoms with E-state index in [1.165, 1.54) is 14.2 Å². The lowest BCUT2D eigenvalue weighted by Gasteiger charge is -2.60. The Morgan fingerprint density at radius 1 is 1.16 bits per heavy atom. The first-order valence-electron chi connectivity index (χ1n) is 10.9. The van der Waals surface area contributed by atoms with Crippen molar-refractivity contribution < 1.29 is 33.4 Å². The minimum atomic E-state index is -1.62. The summed E-state index contributed by atoms with van der Waals surface area (Å²) in [6.07, 6.45) is 2.15. The SMILES string of the molecule is COC(=O)C1=CC[C@@]23C(=O)[C@@H]4C[C@H]5N(C[C@H]4C)C(=O)[C@@](C(=O)OC)(CCC(=O)[C@H]12)[C@]53C. The maximum Gasteiger partial charge on any atom is 0.334 e. The van der Waals surface area contributed by atoms with Crippen LogP contribution in [0, 0.1) is 34.0 Å². The minimum absolute atomic E-state index is 0.0140. The van der Waals surface area contributed by atoms with Crippen LogP contribution in [-0.4, -0.2) is 61.1 Å². The van der Waals surface area contributed by atoms with Crippen molar-refractivity contribution in [1.82, 2.24) is 4.90 Å². The van der Waals surface area contributed by atoms with E-state index in [1.54, 1.807) is 11.0 Å². The second-order valence-corrected chi connectivity index (χ2v) is 9.98. The van der Waals surface area contributed by atoms with Crippen molar-refractivity contribution in [3.63, 3.8) is 0 Å². The second kappa shape index (κ2) is 6.04. The Balaban J connectivity index is 1.86. The van der Waals surface area contributed by atoms with Gasteiger partial charge in [0.05, 0.1) is 25.6 Å². The van der Waals surface area contributed by atoms with E-state index in [0.717, 1.165) is 0 Å². The van der Waals surface area contributed by atoms with E-state index < -0.39 is 34.1 Å². The molecular formula is C23H27NO7. The number of Topliss-reactive ketones (excluding diaryl/α,β-unsaturated/α-hetero) is 2. The number of carbonyl (C=O) groups is 5. The summed E-state index contributed by atoms with van der Waals surface area (Å²) in [6, 6.07) is -0.364. The molecule has 2 saturated heterocycles. The van der Waals surface area contributed by atoms with Gasteiger partial charge in [0, 0.05) is 35.9 Å². The lowest BCUT2D eigenvalue weighted by molar-refractivity contribution is -0.186. The molecule has 31 heavy (non-hydrogen) atoms. The first kappa shape index (κ1) is 20.4. The van der Waals surface area contributed by atoms with Gasteiger partial charge in [-0.05, 0) is 25.2 Å². The molecule has 7 atom stereocenters. The van der Waals surface area contributed by atoms with Gasteiger partial charge < -0.3 is 14.4 Å². The zero-order valence-corrected chi connectivity index (χ0v) is 18.2. The van der Waals surface area contributed by atoms with Gasteiger partial charge in [0.25, 0.3) is 0 Å². The van der Waals surface area contributed by atoms with Crippen LogP contribution in [0.1, 0.15) is 39.5 Å². The highest BCUT2D eigenvalue weighted by atomic mass is 16.5. The molecular weight excluding hydrogens is 402 g/mol. The van der Waals surface area contributed by atoms with Crippen molar-refractivity contribution in [3.8, 4) is 0 Å². The fraction of sp³-hybridized carbons (Fsp3) is 0.696. The van der Waals surface area contributed by atoms with Gasteiger partial charge in [-0.3, -0.25) is 19.2 Å². The quantitative estimate of drug-likeness (QED) is 0.477. The van der Waals surface area contributed by atoms with Gasteiger partial charge >= 0.3 is 11.9 Å². The smallest absolute Gasteiger partial charge is 0.334 e. The van der Waals surface area contributed by atoms with Gasteiger partial charge in [0.15, 0.2) is 5.41 Å². The van der Waals surface area contributed by atoms with Crippen LogP contribution >= 0.6 is 0 Å². The molecule has 3 aliphatic carbocycles. The molecule has 8 heteroatoms. The van der Waals surface area contributed by atoms with Gasteiger partial charge in [-0.15, -0.1) is 0 Å². The number of nitrogens with zero attached hydrogens (tertiary/aromatic N) is 1. The fourth-order valence-electron chi connectivity index (χ4n) is 8.01. The molecule has 1 spiro atoms. The van der Waals surface area contributed by atoms with Crippen LogP contribution < -0.4 is 0 Å². The maximum absolute atomic E-state index is 14.2. The molecule has 2 bridgehead atoms. The van der Waals surface area contributed by atoms with Crippen LogP contribution in [0.15, 0.2) is 11.6 Å². The van der Waals surface area contributed by atoms with Crippen molar-refractivity contribution in [2.24, 2.45) is 34.0 Å². The number of hydrogen-bond donors (Lipinski definition) is 0. The number of fused-ring (bicyclic) bond motifs is 1. The van der Waals surface area contributed by atoms with Gasteiger partial charge in [0.1, 0.15) is 11.6 Å². The lowest BCUT2D eigenvalue weighted by Crippen LogP contribution is -2.69. The van der Waals surface area contributed by atoms with Crippen molar-refractivity contribution in [3.05, 3.63) is 11.6 Å². The largest absolute Gasteiger partial charge is 0.468 e. The van der Waals surface area contributed by atoms with E-state index in [0.29, 0.717) is 13.0 Å². The monoisotopic (exact) mass is 429 g/mol. The Bertz CT molecular complexity index is 984. The summed E-state index contributed by atoms with van der Waals surface area (Å²) in [6.45, 7) is 4.16. The Labute approximate surface area is 180 Å². The number of methoxy groups -OCH3 is 2. The standard InChI is InChI=1S/C23H27NO7/c1-11-10-24-15-9-13(11)17(26)22-7-5-12(18(27)30-3)16(22)14(25)6-8-23(19(24)28,20(29)31-4)21(15,22)2/h5,11,13,15-16H,6-10H2,1-4H3/t11-,13-,15-,16+,21-,22+,23-/m1/s1. The lowest BCUT2D eigenvalue weighted by atomic mass is 9.40. The van der Waals surface area contributed by atoms with E-state index in [9.17, 15) is 24.0 Å². The molecule has 8 nitrogen and oxygen atoms in total. The highest BCUT2D eigenvalue weighted by molar-refractivity contribution is 6.12. The number of ketones is 2. The topological polar surface area (TPSA) is 107 Å². The van der Waals surface area contributed by atoms with E-state index in [2.05, 4.69) is 0 Å². The van der Waals surface area contributed by atoms with Crippen LogP contribution in [-0.2, 0) is 33.4 Å². The number of esters is 2. The van der Waals surface area contributed by atoms with Crippen molar-refractivity contribution in [2.75, 3.05) is 20.8 Å². The van der Waals surface area contributed by atoms with Crippen LogP contribution in [0.2, 0.25) is 0 Å². The molecule has 0 aromatic heterocycles. The molecule has 0 aromatic carbocycles. The highest BCUT2D eigenvalue weighted by Gasteiger charge is 2.84. The molecule has 1 amide bonds. The molecule has 4 fully saturated rings. The first-order chi connectivity index (χ1) is 14.6. The van der Waals surface area contributed by atoms with Crippen LogP contribution in [0.4, 0.5) is 0 Å². The summed E-state index contributed by atoms with van der Waals surface area (Å²) in [5, 5.41) is 0. The van der Waals surface area contributed by atoms with Gasteiger partial charge in [-0.1, -0.05) is 19.9 Å². The number of hydrogen-bond acceptors (Lipinski definition) is 7. The molecule has 5 rings (SSSR count). The van der Waals surface area contributed by atoms with E-state index in [4.69, 9.17) is 9.47 Å². The van der Waals surface area contributed by atoms with Gasteiger partial charge in [0.2, 0.25) is 5.91 Å². The average molecular weight is 429 g/mol. The zero-order valence-electron chi connectivity index (χ0n) is 18.2. The van der Waals surface area contributed by atoms with Crippen LogP contribution in [0.3, 0.4) is 0 Å². The number of piperidine rings is 1. The third-order valence-corrected chi connectivity index (χ3v) is 9.38. The molecule has 2 saturated carbocycles. The predicted molar refractivity (Wildman–Crippen MR) is 105 cm³/mol. The number of rotatable bonds is 2. The van der Waals surface area contributed by atoms with Crippen LogP contribution in [0.25, 0.3) is 0 Å². The molecule has 5 aliphatic rings. The normalized spacial score (nSPS) is 45.1. The summed E-state index contributed by atoms with van der Waals surface area (Å²) in [7, 11) is 2.49. The fourth-order valence-corrected chi connectivity index (χ4v) is 8.01. The second-order valence-electron chi connectivity index (χ2n) is 9.98. The third kappa shape index (κ3) is 1.88. The summed E-state index contributed by atoms with van der Waals surface area (Å²) < 4.78 is 10.1. The first-order valence-corrected chi connectivity index (χ1v) is 10.9. The average Bonchev–Trinajstić information content (AvgIpc) is 3.22. The van der Waals surface area contributed by atoms with E-state index >= 15 is 0 Å². The third-order valence-electron chi connectivity index (χ3n) is 9.38. The molecule has 0 aromatic rings. The number of carbonyl (C=O) groups excluding carboxylic acids is 5. The summed E-state index contributed by atoms with van der Waals surface area (Å²) >= 11 is 0. The molecule has 0 unspecified atom stereocenters. The number of ether oxygens (including phenoxy) is 2. The Kier molecular flexibility index (Phi) is 3.98. The molecule has 0 N–H and O–H groups in total. The number of allylic oxidation sites excluding steroid dienone is 1. The maximum atomic E-state index is 14.2. The molecule has 2 aliphatic heterocycles. The number of amides is 1.